The molecule has 1 saturated heterocycles. The van der Waals surface area contributed by atoms with Crippen LogP contribution in [0.4, 0.5) is 0 Å². The number of likely N-dealkylation sites (tertiary alicyclic amines) is 1. The average Bonchev–Trinajstić information content (AvgIpc) is 2.43. The Morgan fingerprint density at radius 2 is 2.09 bits per heavy atom. The number of benzene rings is 1. The molecule has 0 saturated carbocycles. The molecule has 0 aliphatic carbocycles. The summed E-state index contributed by atoms with van der Waals surface area (Å²) in [6.45, 7) is 8.79. The number of nitrogens with zero attached hydrogens (tertiary/aromatic N) is 1. The van der Waals surface area contributed by atoms with E-state index in [1.807, 2.05) is 6.07 Å². The third-order valence-corrected chi connectivity index (χ3v) is 4.25. The maximum absolute atomic E-state index is 6.20. The second-order valence-electron chi connectivity index (χ2n) is 6.58. The number of nitrogens with two attached hydrogens (primary N) is 1. The van der Waals surface area contributed by atoms with Gasteiger partial charge in [-0.15, -0.1) is 12.4 Å². The Kier molecular flexibility index (Phi) is 7.63. The van der Waals surface area contributed by atoms with Crippen molar-refractivity contribution in [3.05, 3.63) is 29.8 Å². The summed E-state index contributed by atoms with van der Waals surface area (Å²) in [5.41, 5.74) is 7.68. The summed E-state index contributed by atoms with van der Waals surface area (Å²) in [4.78, 5) is 2.48. The van der Waals surface area contributed by atoms with Crippen molar-refractivity contribution in [3.63, 3.8) is 0 Å². The van der Waals surface area contributed by atoms with Gasteiger partial charge in [0.25, 0.3) is 0 Å². The molecule has 1 aliphatic rings. The number of rotatable bonds is 6. The van der Waals surface area contributed by atoms with Crippen LogP contribution >= 0.6 is 12.4 Å². The minimum Gasteiger partial charge on any atom is -0.491 e. The lowest BCUT2D eigenvalue weighted by atomic mass is 9.79. The zero-order valence-corrected chi connectivity index (χ0v) is 14.7. The second-order valence-corrected chi connectivity index (χ2v) is 6.58. The summed E-state index contributed by atoms with van der Waals surface area (Å²) in [7, 11) is 1.68. The molecule has 2 rings (SSSR count). The fraction of sp³-hybridized carbons (Fsp3) is 0.647. The van der Waals surface area contributed by atoms with E-state index in [1.54, 1.807) is 7.11 Å². The molecule has 0 bridgehead atoms. The molecule has 1 aromatic rings. The van der Waals surface area contributed by atoms with Crippen LogP contribution in [-0.2, 0) is 11.3 Å². The second kappa shape index (κ2) is 8.73. The molecule has 1 heterocycles. The normalized spacial score (nSPS) is 21.2. The molecule has 22 heavy (non-hydrogen) atoms. The Bertz CT molecular complexity index is 454. The van der Waals surface area contributed by atoms with Gasteiger partial charge in [0.15, 0.2) is 0 Å². The molecule has 0 aromatic heterocycles. The van der Waals surface area contributed by atoms with Gasteiger partial charge in [-0.05, 0) is 29.5 Å². The highest BCUT2D eigenvalue weighted by Crippen LogP contribution is 2.28. The quantitative estimate of drug-likeness (QED) is 0.816. The Morgan fingerprint density at radius 3 is 2.77 bits per heavy atom. The molecule has 0 spiro atoms. The van der Waals surface area contributed by atoms with Crippen LogP contribution in [0.2, 0.25) is 0 Å². The number of hydrogen-bond acceptors (Lipinski definition) is 4. The molecule has 5 heteroatoms. The standard InChI is InChI=1S/C17H28N2O2.ClH/c1-17(2)13-19(8-7-16(17)18)12-14-5-4-6-15(11-14)21-10-9-20-3;/h4-6,11,16H,7-10,12-13,18H2,1-3H3;1H. The van der Waals surface area contributed by atoms with Crippen LogP contribution in [0.25, 0.3) is 0 Å². The number of piperidine rings is 1. The molecular weight excluding hydrogens is 300 g/mol. The number of halogens is 1. The van der Waals surface area contributed by atoms with E-state index in [0.717, 1.165) is 31.8 Å². The van der Waals surface area contributed by atoms with Crippen molar-refractivity contribution in [2.45, 2.75) is 32.9 Å². The molecule has 1 aromatic carbocycles. The van der Waals surface area contributed by atoms with Crippen LogP contribution in [-0.4, -0.2) is 44.4 Å². The van der Waals surface area contributed by atoms with Crippen LogP contribution < -0.4 is 10.5 Å². The molecule has 0 radical (unpaired) electrons. The maximum Gasteiger partial charge on any atom is 0.119 e. The SMILES string of the molecule is COCCOc1cccc(CN2CCC(N)C(C)(C)C2)c1.Cl. The Hall–Kier alpha value is -0.810. The van der Waals surface area contributed by atoms with Crippen molar-refractivity contribution in [2.75, 3.05) is 33.4 Å². The van der Waals surface area contributed by atoms with E-state index in [1.165, 1.54) is 5.56 Å². The first kappa shape index (κ1) is 19.2. The summed E-state index contributed by atoms with van der Waals surface area (Å²) in [5.74, 6) is 0.914. The zero-order chi connectivity index (χ0) is 15.3. The Balaban J connectivity index is 0.00000242. The molecule has 2 N–H and O–H groups in total. The van der Waals surface area contributed by atoms with Gasteiger partial charge in [0.1, 0.15) is 12.4 Å². The van der Waals surface area contributed by atoms with Gasteiger partial charge >= 0.3 is 0 Å². The highest BCUT2D eigenvalue weighted by atomic mass is 35.5. The average molecular weight is 329 g/mol. The van der Waals surface area contributed by atoms with Crippen LogP contribution in [0.3, 0.4) is 0 Å². The third-order valence-electron chi connectivity index (χ3n) is 4.25. The van der Waals surface area contributed by atoms with E-state index in [2.05, 4.69) is 36.9 Å². The predicted molar refractivity (Wildman–Crippen MR) is 92.7 cm³/mol. The number of hydrogen-bond donors (Lipinski definition) is 1. The van der Waals surface area contributed by atoms with Gasteiger partial charge in [-0.3, -0.25) is 4.90 Å². The third kappa shape index (κ3) is 5.43. The molecule has 0 amide bonds. The van der Waals surface area contributed by atoms with Crippen molar-refractivity contribution >= 4 is 12.4 Å². The highest BCUT2D eigenvalue weighted by molar-refractivity contribution is 5.85. The van der Waals surface area contributed by atoms with Gasteiger partial charge in [0, 0.05) is 32.8 Å². The minimum atomic E-state index is 0. The van der Waals surface area contributed by atoms with E-state index in [9.17, 15) is 0 Å². The maximum atomic E-state index is 6.20. The van der Waals surface area contributed by atoms with Crippen molar-refractivity contribution in [2.24, 2.45) is 11.1 Å². The van der Waals surface area contributed by atoms with E-state index in [4.69, 9.17) is 15.2 Å². The molecule has 1 aliphatic heterocycles. The largest absolute Gasteiger partial charge is 0.491 e. The fourth-order valence-electron chi connectivity index (χ4n) is 2.85. The van der Waals surface area contributed by atoms with Gasteiger partial charge in [-0.1, -0.05) is 26.0 Å². The first-order valence-electron chi connectivity index (χ1n) is 7.70. The van der Waals surface area contributed by atoms with Gasteiger partial charge in [-0.25, -0.2) is 0 Å². The van der Waals surface area contributed by atoms with Crippen LogP contribution in [0.15, 0.2) is 24.3 Å². The summed E-state index contributed by atoms with van der Waals surface area (Å²) >= 11 is 0. The molecular formula is C17H29ClN2O2. The first-order chi connectivity index (χ1) is 10.0. The predicted octanol–water partition coefficient (Wildman–Crippen LogP) is 2.69. The van der Waals surface area contributed by atoms with E-state index < -0.39 is 0 Å². The highest BCUT2D eigenvalue weighted by Gasteiger charge is 2.33. The lowest BCUT2D eigenvalue weighted by Gasteiger charge is -2.42. The van der Waals surface area contributed by atoms with Crippen molar-refractivity contribution in [1.82, 2.24) is 4.90 Å². The van der Waals surface area contributed by atoms with Gasteiger partial charge in [0.05, 0.1) is 6.61 Å². The molecule has 126 valence electrons. The van der Waals surface area contributed by atoms with E-state index >= 15 is 0 Å². The summed E-state index contributed by atoms with van der Waals surface area (Å²) in [5, 5.41) is 0. The lowest BCUT2D eigenvalue weighted by molar-refractivity contribution is 0.0897. The van der Waals surface area contributed by atoms with Gasteiger partial charge in [-0.2, -0.15) is 0 Å². The van der Waals surface area contributed by atoms with Crippen LogP contribution in [0, 0.1) is 5.41 Å². The number of methoxy groups -OCH3 is 1. The lowest BCUT2D eigenvalue weighted by Crippen LogP contribution is -2.52. The Morgan fingerprint density at radius 1 is 1.32 bits per heavy atom. The molecule has 1 atom stereocenters. The van der Waals surface area contributed by atoms with E-state index in [0.29, 0.717) is 19.3 Å². The van der Waals surface area contributed by atoms with Gasteiger partial charge in [0.2, 0.25) is 0 Å². The van der Waals surface area contributed by atoms with E-state index in [-0.39, 0.29) is 17.8 Å². The summed E-state index contributed by atoms with van der Waals surface area (Å²) < 4.78 is 10.7. The molecule has 1 fully saturated rings. The topological polar surface area (TPSA) is 47.7 Å². The van der Waals surface area contributed by atoms with Crippen molar-refractivity contribution < 1.29 is 9.47 Å². The monoisotopic (exact) mass is 328 g/mol. The van der Waals surface area contributed by atoms with Crippen LogP contribution in [0.5, 0.6) is 5.75 Å². The smallest absolute Gasteiger partial charge is 0.119 e. The first-order valence-corrected chi connectivity index (χ1v) is 7.70. The van der Waals surface area contributed by atoms with Crippen molar-refractivity contribution in [3.8, 4) is 5.75 Å². The van der Waals surface area contributed by atoms with Gasteiger partial charge < -0.3 is 15.2 Å². The summed E-state index contributed by atoms with van der Waals surface area (Å²) in [6.07, 6.45) is 1.07. The molecule has 1 unspecified atom stereocenters. The van der Waals surface area contributed by atoms with Crippen molar-refractivity contribution in [1.29, 1.82) is 0 Å². The summed E-state index contributed by atoms with van der Waals surface area (Å²) in [6, 6.07) is 8.63. The Labute approximate surface area is 140 Å². The fourth-order valence-corrected chi connectivity index (χ4v) is 2.85. The minimum absolute atomic E-state index is 0. The number of ether oxygens (including phenoxy) is 2. The zero-order valence-electron chi connectivity index (χ0n) is 13.9. The molecule has 4 nitrogen and oxygen atoms in total. The van der Waals surface area contributed by atoms with Crippen LogP contribution in [0.1, 0.15) is 25.8 Å².